The molecule has 3 fully saturated rings. The van der Waals surface area contributed by atoms with Gasteiger partial charge >= 0.3 is 0 Å². The number of hydrogen-bond acceptors (Lipinski definition) is 5. The molecule has 6 heteroatoms. The third-order valence-electron chi connectivity index (χ3n) is 9.67. The molecule has 0 radical (unpaired) electrons. The first-order valence-corrected chi connectivity index (χ1v) is 13.7. The highest BCUT2D eigenvalue weighted by molar-refractivity contribution is 5.48. The summed E-state index contributed by atoms with van der Waals surface area (Å²) in [6.07, 6.45) is 10.5. The Kier molecular flexibility index (Phi) is 5.59. The van der Waals surface area contributed by atoms with Gasteiger partial charge in [-0.05, 0) is 91.8 Å². The van der Waals surface area contributed by atoms with Gasteiger partial charge in [0.2, 0.25) is 0 Å². The molecule has 1 aromatic carbocycles. The van der Waals surface area contributed by atoms with Crippen LogP contribution in [0.15, 0.2) is 30.6 Å². The van der Waals surface area contributed by atoms with E-state index >= 15 is 0 Å². The number of nitrogens with zero attached hydrogens (tertiary/aromatic N) is 4. The summed E-state index contributed by atoms with van der Waals surface area (Å²) in [7, 11) is 0. The van der Waals surface area contributed by atoms with Crippen molar-refractivity contribution in [2.24, 2.45) is 5.92 Å². The minimum Gasteiger partial charge on any atom is -0.508 e. The van der Waals surface area contributed by atoms with Gasteiger partial charge in [-0.15, -0.1) is 0 Å². The Hall–Kier alpha value is -1.89. The van der Waals surface area contributed by atoms with Gasteiger partial charge in [0.25, 0.3) is 0 Å². The fourth-order valence-electron chi connectivity index (χ4n) is 7.25. The highest BCUT2D eigenvalue weighted by Gasteiger charge is 2.63. The summed E-state index contributed by atoms with van der Waals surface area (Å²) < 4.78 is 2.08. The average molecular weight is 479 g/mol. The Morgan fingerprint density at radius 2 is 1.83 bits per heavy atom. The molecule has 1 saturated carbocycles. The van der Waals surface area contributed by atoms with Crippen molar-refractivity contribution < 1.29 is 10.2 Å². The van der Waals surface area contributed by atoms with E-state index in [9.17, 15) is 10.2 Å². The summed E-state index contributed by atoms with van der Waals surface area (Å²) in [5.74, 6) is 1.15. The number of phenols is 1. The molecule has 2 saturated heterocycles. The van der Waals surface area contributed by atoms with Crippen molar-refractivity contribution in [3.8, 4) is 5.75 Å². The lowest BCUT2D eigenvalue weighted by Gasteiger charge is -2.61. The highest BCUT2D eigenvalue weighted by atomic mass is 16.3. The zero-order chi connectivity index (χ0) is 24.4. The molecule has 6 nitrogen and oxygen atoms in total. The first-order chi connectivity index (χ1) is 16.7. The van der Waals surface area contributed by atoms with Crippen LogP contribution >= 0.6 is 0 Å². The standard InChI is InChI=1S/C29H42N4O2/c1-27(2,3)23-18-30-33(20-23)15-14-31-11-8-28-9-13-32(19-21-4-5-21)26(29(28,35)10-12-31)16-22-6-7-24(34)17-25(22)28/h6-7,17-18,20-21,26,34-35H,4-5,8-16,19H2,1-3H3/t26-,28+,29-/m1/s1. The van der Waals surface area contributed by atoms with Gasteiger partial charge < -0.3 is 15.1 Å². The van der Waals surface area contributed by atoms with Crippen molar-refractivity contribution in [2.75, 3.05) is 32.7 Å². The number of aromatic hydroxyl groups is 1. The Morgan fingerprint density at radius 3 is 2.57 bits per heavy atom. The normalized spacial score (nSPS) is 31.6. The van der Waals surface area contributed by atoms with Gasteiger partial charge in [0.1, 0.15) is 5.75 Å². The molecule has 190 valence electrons. The number of benzene rings is 1. The van der Waals surface area contributed by atoms with Crippen LogP contribution in [0.3, 0.4) is 0 Å². The van der Waals surface area contributed by atoms with Crippen LogP contribution in [0.1, 0.15) is 69.6 Å². The van der Waals surface area contributed by atoms with Gasteiger partial charge in [-0.1, -0.05) is 26.8 Å². The fraction of sp³-hybridized carbons (Fsp3) is 0.690. The van der Waals surface area contributed by atoms with E-state index in [4.69, 9.17) is 0 Å². The molecule has 2 aromatic rings. The van der Waals surface area contributed by atoms with E-state index in [1.165, 1.54) is 29.5 Å². The summed E-state index contributed by atoms with van der Waals surface area (Å²) in [6, 6.07) is 6.10. The van der Waals surface area contributed by atoms with Crippen molar-refractivity contribution in [3.63, 3.8) is 0 Å². The fourth-order valence-corrected chi connectivity index (χ4v) is 7.25. The highest BCUT2D eigenvalue weighted by Crippen LogP contribution is 2.56. The predicted molar refractivity (Wildman–Crippen MR) is 138 cm³/mol. The molecular formula is C29H42N4O2. The SMILES string of the molecule is CC(C)(C)c1cnn(CCN2CC[C@]34CCN(CC5CC5)[C@H](Cc5ccc(O)cc53)[C@]4(O)CC2)c1. The second-order valence-electron chi connectivity index (χ2n) is 12.8. The van der Waals surface area contributed by atoms with Crippen LogP contribution in [-0.4, -0.2) is 74.2 Å². The Balaban J connectivity index is 1.26. The maximum absolute atomic E-state index is 12.6. The topological polar surface area (TPSA) is 64.8 Å². The van der Waals surface area contributed by atoms with E-state index < -0.39 is 5.60 Å². The number of aromatic nitrogens is 2. The van der Waals surface area contributed by atoms with Crippen LogP contribution in [0, 0.1) is 5.92 Å². The minimum absolute atomic E-state index is 0.113. The molecule has 4 aliphatic rings. The maximum atomic E-state index is 12.6. The lowest BCUT2D eigenvalue weighted by atomic mass is 9.52. The summed E-state index contributed by atoms with van der Waals surface area (Å²) in [6.45, 7) is 12.6. The third kappa shape index (κ3) is 4.02. The van der Waals surface area contributed by atoms with Crippen molar-refractivity contribution in [1.82, 2.24) is 19.6 Å². The largest absolute Gasteiger partial charge is 0.508 e. The quantitative estimate of drug-likeness (QED) is 0.686. The minimum atomic E-state index is -0.749. The molecule has 0 spiro atoms. The molecule has 6 rings (SSSR count). The van der Waals surface area contributed by atoms with Crippen LogP contribution in [0.5, 0.6) is 5.75 Å². The van der Waals surface area contributed by atoms with Crippen molar-refractivity contribution >= 4 is 0 Å². The summed E-state index contributed by atoms with van der Waals surface area (Å²) in [4.78, 5) is 5.16. The number of rotatable bonds is 5. The number of phenolic OH excluding ortho intramolecular Hbond substituents is 1. The van der Waals surface area contributed by atoms with E-state index in [0.29, 0.717) is 5.75 Å². The first-order valence-electron chi connectivity index (χ1n) is 13.7. The Labute approximate surface area is 209 Å². The number of aliphatic hydroxyl groups is 1. The summed E-state index contributed by atoms with van der Waals surface area (Å²) >= 11 is 0. The number of fused-ring (bicyclic) bond motifs is 1. The van der Waals surface area contributed by atoms with Crippen molar-refractivity contribution in [3.05, 3.63) is 47.3 Å². The predicted octanol–water partition coefficient (Wildman–Crippen LogP) is 3.69. The average Bonchev–Trinajstić information content (AvgIpc) is 3.52. The summed E-state index contributed by atoms with van der Waals surface area (Å²) in [5.41, 5.74) is 2.91. The van der Waals surface area contributed by atoms with Crippen LogP contribution < -0.4 is 0 Å². The number of piperidine rings is 1. The van der Waals surface area contributed by atoms with E-state index in [-0.39, 0.29) is 16.9 Å². The van der Waals surface area contributed by atoms with Crippen molar-refractivity contribution in [1.29, 1.82) is 0 Å². The van der Waals surface area contributed by atoms with Crippen LogP contribution in [0.25, 0.3) is 0 Å². The molecule has 2 aliphatic heterocycles. The van der Waals surface area contributed by atoms with E-state index in [1.807, 2.05) is 18.3 Å². The zero-order valence-corrected chi connectivity index (χ0v) is 21.7. The Morgan fingerprint density at radius 1 is 1.06 bits per heavy atom. The molecule has 3 atom stereocenters. The van der Waals surface area contributed by atoms with Crippen LogP contribution in [-0.2, 0) is 23.8 Å². The van der Waals surface area contributed by atoms with Gasteiger partial charge in [0.05, 0.1) is 18.3 Å². The second kappa shape index (κ2) is 8.32. The first kappa shape index (κ1) is 23.5. The monoisotopic (exact) mass is 478 g/mol. The van der Waals surface area contributed by atoms with Crippen LogP contribution in [0.2, 0.25) is 0 Å². The molecule has 2 aliphatic carbocycles. The van der Waals surface area contributed by atoms with Gasteiger partial charge in [-0.25, -0.2) is 0 Å². The van der Waals surface area contributed by atoms with Crippen LogP contribution in [0.4, 0.5) is 0 Å². The molecule has 0 unspecified atom stereocenters. The number of likely N-dealkylation sites (tertiary alicyclic amines) is 2. The maximum Gasteiger partial charge on any atom is 0.115 e. The van der Waals surface area contributed by atoms with Gasteiger partial charge in [-0.3, -0.25) is 9.58 Å². The van der Waals surface area contributed by atoms with E-state index in [0.717, 1.165) is 70.9 Å². The molecule has 2 bridgehead atoms. The summed E-state index contributed by atoms with van der Waals surface area (Å²) in [5, 5.41) is 27.6. The second-order valence-corrected chi connectivity index (χ2v) is 12.8. The van der Waals surface area contributed by atoms with Crippen molar-refractivity contribution in [2.45, 2.75) is 88.3 Å². The van der Waals surface area contributed by atoms with E-state index in [2.05, 4.69) is 52.6 Å². The molecular weight excluding hydrogens is 436 g/mol. The lowest BCUT2D eigenvalue weighted by molar-refractivity contribution is -0.149. The molecule has 0 amide bonds. The third-order valence-corrected chi connectivity index (χ3v) is 9.67. The molecule has 1 aromatic heterocycles. The molecule has 35 heavy (non-hydrogen) atoms. The lowest BCUT2D eigenvalue weighted by Crippen LogP contribution is -2.71. The smallest absolute Gasteiger partial charge is 0.115 e. The molecule has 3 heterocycles. The van der Waals surface area contributed by atoms with E-state index in [1.54, 1.807) is 0 Å². The van der Waals surface area contributed by atoms with Gasteiger partial charge in [0, 0.05) is 37.3 Å². The Bertz CT molecular complexity index is 1090. The zero-order valence-electron chi connectivity index (χ0n) is 21.7. The van der Waals surface area contributed by atoms with Gasteiger partial charge in [-0.2, -0.15) is 5.10 Å². The molecule has 2 N–H and O–H groups in total. The van der Waals surface area contributed by atoms with Gasteiger partial charge in [0.15, 0.2) is 0 Å². The number of hydrogen-bond donors (Lipinski definition) is 2.